The number of aryl methyl sites for hydroxylation is 2. The molecule has 0 spiro atoms. The number of rotatable bonds is 11. The van der Waals surface area contributed by atoms with Crippen molar-refractivity contribution in [1.82, 2.24) is 5.32 Å². The van der Waals surface area contributed by atoms with Crippen LogP contribution in [0.3, 0.4) is 0 Å². The van der Waals surface area contributed by atoms with E-state index in [2.05, 4.69) is 5.32 Å². The fourth-order valence-electron chi connectivity index (χ4n) is 3.38. The van der Waals surface area contributed by atoms with Gasteiger partial charge in [-0.2, -0.15) is 0 Å². The molecule has 35 heavy (non-hydrogen) atoms. The molecule has 186 valence electrons. The molecule has 0 fully saturated rings. The van der Waals surface area contributed by atoms with Gasteiger partial charge < -0.3 is 14.8 Å². The van der Waals surface area contributed by atoms with E-state index in [-0.39, 0.29) is 24.1 Å². The fraction of sp³-hybridized carbons (Fsp3) is 0.296. The van der Waals surface area contributed by atoms with Gasteiger partial charge in [0.1, 0.15) is 24.7 Å². The van der Waals surface area contributed by atoms with Gasteiger partial charge in [-0.05, 0) is 76.2 Å². The molecule has 0 aliphatic rings. The second kappa shape index (κ2) is 11.8. The largest absolute Gasteiger partial charge is 0.494 e. The number of sulfonamides is 1. The Hall–Kier alpha value is -3.52. The highest BCUT2D eigenvalue weighted by atomic mass is 32.2. The number of carbonyl (C=O) groups is 1. The molecule has 0 heterocycles. The van der Waals surface area contributed by atoms with E-state index >= 15 is 0 Å². The Bertz CT molecular complexity index is 1210. The summed E-state index contributed by atoms with van der Waals surface area (Å²) in [4.78, 5) is 13.0. The first-order chi connectivity index (χ1) is 16.7. The number of carbonyl (C=O) groups excluding carboxylic acids is 1. The van der Waals surface area contributed by atoms with E-state index in [1.165, 1.54) is 0 Å². The number of nitrogens with one attached hydrogen (secondary N) is 1. The molecule has 8 heteroatoms. The van der Waals surface area contributed by atoms with Crippen molar-refractivity contribution in [3.05, 3.63) is 83.9 Å². The predicted octanol–water partition coefficient (Wildman–Crippen LogP) is 4.48. The third-order valence-electron chi connectivity index (χ3n) is 5.26. The van der Waals surface area contributed by atoms with Crippen molar-refractivity contribution in [3.8, 4) is 11.5 Å². The van der Waals surface area contributed by atoms with Gasteiger partial charge in [0.25, 0.3) is 10.0 Å². The molecule has 0 radical (unpaired) electrons. The van der Waals surface area contributed by atoms with E-state index in [1.807, 2.05) is 52.0 Å². The fourth-order valence-corrected chi connectivity index (χ4v) is 4.80. The van der Waals surface area contributed by atoms with Crippen molar-refractivity contribution in [2.45, 2.75) is 38.6 Å². The van der Waals surface area contributed by atoms with Gasteiger partial charge in [0.2, 0.25) is 5.91 Å². The molecular formula is C27H32N2O5S. The standard InChI is InChI=1S/C27H32N2O5S/c1-5-33-24-14-10-23(11-15-24)29(35(31,32)26-16-8-21(3)9-17-26)18-27(30)28-22(4)19-34-25-12-6-20(2)7-13-25/h6-17,22H,5,18-19H2,1-4H3,(H,28,30). The van der Waals surface area contributed by atoms with Crippen LogP contribution in [-0.2, 0) is 14.8 Å². The second-order valence-electron chi connectivity index (χ2n) is 8.34. The molecule has 1 N–H and O–H groups in total. The summed E-state index contributed by atoms with van der Waals surface area (Å²) in [5.74, 6) is 0.888. The Morgan fingerprint density at radius 1 is 0.857 bits per heavy atom. The molecule has 0 aromatic heterocycles. The van der Waals surface area contributed by atoms with Crippen molar-refractivity contribution >= 4 is 21.6 Å². The van der Waals surface area contributed by atoms with E-state index in [4.69, 9.17) is 9.47 Å². The Morgan fingerprint density at radius 2 is 1.37 bits per heavy atom. The summed E-state index contributed by atoms with van der Waals surface area (Å²) >= 11 is 0. The summed E-state index contributed by atoms with van der Waals surface area (Å²) in [6.45, 7) is 7.93. The quantitative estimate of drug-likeness (QED) is 0.423. The van der Waals surface area contributed by atoms with Gasteiger partial charge in [-0.1, -0.05) is 35.4 Å². The molecule has 1 atom stereocenters. The van der Waals surface area contributed by atoms with Crippen molar-refractivity contribution < 1.29 is 22.7 Å². The minimum Gasteiger partial charge on any atom is -0.494 e. The van der Waals surface area contributed by atoms with Crippen LogP contribution in [0.2, 0.25) is 0 Å². The van der Waals surface area contributed by atoms with Crippen molar-refractivity contribution in [3.63, 3.8) is 0 Å². The van der Waals surface area contributed by atoms with Gasteiger partial charge in [0.15, 0.2) is 0 Å². The number of nitrogens with zero attached hydrogens (tertiary/aromatic N) is 1. The molecule has 0 saturated heterocycles. The minimum atomic E-state index is -3.99. The molecule has 0 aliphatic heterocycles. The first-order valence-corrected chi connectivity index (χ1v) is 12.9. The summed E-state index contributed by atoms with van der Waals surface area (Å²) in [7, 11) is -3.99. The van der Waals surface area contributed by atoms with Crippen molar-refractivity contribution in [2.75, 3.05) is 24.1 Å². The lowest BCUT2D eigenvalue weighted by atomic mass is 10.2. The van der Waals surface area contributed by atoms with Crippen molar-refractivity contribution in [2.24, 2.45) is 0 Å². The first kappa shape index (κ1) is 26.1. The first-order valence-electron chi connectivity index (χ1n) is 11.5. The monoisotopic (exact) mass is 496 g/mol. The molecular weight excluding hydrogens is 464 g/mol. The molecule has 3 aromatic rings. The highest BCUT2D eigenvalue weighted by Crippen LogP contribution is 2.26. The SMILES string of the molecule is CCOc1ccc(N(CC(=O)NC(C)COc2ccc(C)cc2)S(=O)(=O)c2ccc(C)cc2)cc1. The number of anilines is 1. The lowest BCUT2D eigenvalue weighted by Crippen LogP contribution is -2.45. The average molecular weight is 497 g/mol. The smallest absolute Gasteiger partial charge is 0.264 e. The van der Waals surface area contributed by atoms with E-state index in [9.17, 15) is 13.2 Å². The number of ether oxygens (including phenoxy) is 2. The Morgan fingerprint density at radius 3 is 1.94 bits per heavy atom. The summed E-state index contributed by atoms with van der Waals surface area (Å²) in [6.07, 6.45) is 0. The van der Waals surface area contributed by atoms with Gasteiger partial charge in [0, 0.05) is 0 Å². The van der Waals surface area contributed by atoms with Crippen LogP contribution in [0.5, 0.6) is 11.5 Å². The van der Waals surface area contributed by atoms with Gasteiger partial charge in [-0.15, -0.1) is 0 Å². The highest BCUT2D eigenvalue weighted by molar-refractivity contribution is 7.92. The molecule has 1 amide bonds. The van der Waals surface area contributed by atoms with Crippen LogP contribution in [0.4, 0.5) is 5.69 Å². The summed E-state index contributed by atoms with van der Waals surface area (Å²) in [6, 6.07) is 20.5. The van der Waals surface area contributed by atoms with Crippen LogP contribution in [0.1, 0.15) is 25.0 Å². The van der Waals surface area contributed by atoms with Gasteiger partial charge in [-0.3, -0.25) is 9.10 Å². The third-order valence-corrected chi connectivity index (χ3v) is 7.05. The van der Waals surface area contributed by atoms with Crippen LogP contribution in [0.15, 0.2) is 77.7 Å². The van der Waals surface area contributed by atoms with E-state index in [0.717, 1.165) is 15.4 Å². The maximum absolute atomic E-state index is 13.5. The molecule has 0 bridgehead atoms. The molecule has 7 nitrogen and oxygen atoms in total. The average Bonchev–Trinajstić information content (AvgIpc) is 2.83. The molecule has 0 saturated carbocycles. The number of hydrogen-bond donors (Lipinski definition) is 1. The zero-order valence-corrected chi connectivity index (χ0v) is 21.3. The van der Waals surface area contributed by atoms with Crippen molar-refractivity contribution in [1.29, 1.82) is 0 Å². The van der Waals surface area contributed by atoms with E-state index < -0.39 is 15.9 Å². The van der Waals surface area contributed by atoms with Crippen LogP contribution in [-0.4, -0.2) is 40.1 Å². The summed E-state index contributed by atoms with van der Waals surface area (Å²) in [5.41, 5.74) is 2.44. The Kier molecular flexibility index (Phi) is 8.76. The summed E-state index contributed by atoms with van der Waals surface area (Å²) < 4.78 is 39.3. The second-order valence-corrected chi connectivity index (χ2v) is 10.2. The highest BCUT2D eigenvalue weighted by Gasteiger charge is 2.27. The molecule has 3 aromatic carbocycles. The van der Waals surface area contributed by atoms with Crippen LogP contribution in [0.25, 0.3) is 0 Å². The topological polar surface area (TPSA) is 84.9 Å². The van der Waals surface area contributed by atoms with Gasteiger partial charge in [0.05, 0.1) is 23.2 Å². The molecule has 1 unspecified atom stereocenters. The summed E-state index contributed by atoms with van der Waals surface area (Å²) in [5, 5.41) is 2.83. The lowest BCUT2D eigenvalue weighted by molar-refractivity contribution is -0.120. The minimum absolute atomic E-state index is 0.112. The Labute approximate surface area is 207 Å². The molecule has 3 rings (SSSR count). The predicted molar refractivity (Wildman–Crippen MR) is 138 cm³/mol. The van der Waals surface area contributed by atoms with Gasteiger partial charge in [-0.25, -0.2) is 8.42 Å². The van der Waals surface area contributed by atoms with Crippen LogP contribution >= 0.6 is 0 Å². The number of hydrogen-bond acceptors (Lipinski definition) is 5. The maximum atomic E-state index is 13.5. The lowest BCUT2D eigenvalue weighted by Gasteiger charge is -2.25. The van der Waals surface area contributed by atoms with E-state index in [1.54, 1.807) is 48.5 Å². The zero-order chi connectivity index (χ0) is 25.4. The van der Waals surface area contributed by atoms with Crippen LogP contribution < -0.4 is 19.1 Å². The van der Waals surface area contributed by atoms with Crippen LogP contribution in [0, 0.1) is 13.8 Å². The number of benzene rings is 3. The normalized spacial score (nSPS) is 12.0. The number of amides is 1. The third kappa shape index (κ3) is 7.23. The molecule has 0 aliphatic carbocycles. The van der Waals surface area contributed by atoms with E-state index in [0.29, 0.717) is 23.8 Å². The Balaban J connectivity index is 1.76. The maximum Gasteiger partial charge on any atom is 0.264 e. The van der Waals surface area contributed by atoms with Gasteiger partial charge >= 0.3 is 0 Å². The zero-order valence-electron chi connectivity index (χ0n) is 20.5.